The van der Waals surface area contributed by atoms with Crippen LogP contribution in [0, 0.1) is 20.8 Å². The minimum atomic E-state index is -0.827. The lowest BCUT2D eigenvalue weighted by molar-refractivity contribution is 0.0198. The lowest BCUT2D eigenvalue weighted by Gasteiger charge is -2.20. The number of benzene rings is 1. The van der Waals surface area contributed by atoms with E-state index >= 15 is 0 Å². The van der Waals surface area contributed by atoms with Crippen molar-refractivity contribution in [3.8, 4) is 0 Å². The molecule has 16 heavy (non-hydrogen) atoms. The van der Waals surface area contributed by atoms with Crippen molar-refractivity contribution in [2.24, 2.45) is 0 Å². The Morgan fingerprint density at radius 2 is 1.62 bits per heavy atom. The fourth-order valence-electron chi connectivity index (χ4n) is 1.83. The second kappa shape index (κ2) is 5.43. The van der Waals surface area contributed by atoms with Crippen LogP contribution in [0.5, 0.6) is 0 Å². The maximum atomic E-state index is 10.0. The van der Waals surface area contributed by atoms with Gasteiger partial charge in [-0.15, -0.1) is 0 Å². The lowest BCUT2D eigenvalue weighted by atomic mass is 9.95. The molecular weight excluding hydrogens is 202 g/mol. The molecule has 0 fully saturated rings. The van der Waals surface area contributed by atoms with E-state index in [0.717, 1.165) is 16.7 Å². The van der Waals surface area contributed by atoms with Crippen LogP contribution < -0.4 is 5.32 Å². The van der Waals surface area contributed by atoms with E-state index < -0.39 is 12.2 Å². The van der Waals surface area contributed by atoms with Crippen LogP contribution in [-0.2, 0) is 0 Å². The summed E-state index contributed by atoms with van der Waals surface area (Å²) >= 11 is 0. The van der Waals surface area contributed by atoms with E-state index in [1.54, 1.807) is 7.05 Å². The molecule has 0 aromatic heterocycles. The number of nitrogens with one attached hydrogen (secondary N) is 1. The summed E-state index contributed by atoms with van der Waals surface area (Å²) in [5.41, 5.74) is 4.17. The van der Waals surface area contributed by atoms with Crippen LogP contribution in [0.3, 0.4) is 0 Å². The Bertz CT molecular complexity index is 363. The van der Waals surface area contributed by atoms with Gasteiger partial charge in [0.1, 0.15) is 6.10 Å². The molecule has 0 radical (unpaired) electrons. The topological polar surface area (TPSA) is 52.5 Å². The number of likely N-dealkylation sites (N-methyl/N-ethyl adjacent to an activating group) is 1. The van der Waals surface area contributed by atoms with Gasteiger partial charge in [-0.25, -0.2) is 0 Å². The molecule has 1 aromatic carbocycles. The molecule has 90 valence electrons. The third-order valence-electron chi connectivity index (χ3n) is 2.98. The highest BCUT2D eigenvalue weighted by Crippen LogP contribution is 2.23. The summed E-state index contributed by atoms with van der Waals surface area (Å²) in [5, 5.41) is 22.6. The summed E-state index contributed by atoms with van der Waals surface area (Å²) in [6, 6.07) is 3.99. The highest BCUT2D eigenvalue weighted by Gasteiger charge is 2.19. The van der Waals surface area contributed by atoms with E-state index in [9.17, 15) is 10.2 Å². The average molecular weight is 223 g/mol. The normalized spacial score (nSPS) is 14.9. The van der Waals surface area contributed by atoms with Crippen molar-refractivity contribution >= 4 is 0 Å². The van der Waals surface area contributed by atoms with Gasteiger partial charge in [-0.05, 0) is 50.1 Å². The quantitative estimate of drug-likeness (QED) is 0.719. The molecule has 3 nitrogen and oxygen atoms in total. The van der Waals surface area contributed by atoms with E-state index in [1.165, 1.54) is 5.56 Å². The Morgan fingerprint density at radius 1 is 1.06 bits per heavy atom. The van der Waals surface area contributed by atoms with Gasteiger partial charge in [0, 0.05) is 6.54 Å². The Hall–Kier alpha value is -0.900. The Morgan fingerprint density at radius 3 is 2.19 bits per heavy atom. The molecule has 1 aromatic rings. The first kappa shape index (κ1) is 13.2. The van der Waals surface area contributed by atoms with Crippen molar-refractivity contribution in [3.05, 3.63) is 34.4 Å². The van der Waals surface area contributed by atoms with Crippen LogP contribution in [-0.4, -0.2) is 29.9 Å². The zero-order valence-corrected chi connectivity index (χ0v) is 10.4. The first-order valence-electron chi connectivity index (χ1n) is 5.55. The summed E-state index contributed by atoms with van der Waals surface area (Å²) in [5.74, 6) is 0. The molecule has 0 saturated heterocycles. The number of aryl methyl sites for hydroxylation is 3. The Balaban J connectivity index is 2.99. The van der Waals surface area contributed by atoms with Gasteiger partial charge in [0.15, 0.2) is 0 Å². The van der Waals surface area contributed by atoms with Gasteiger partial charge in [-0.3, -0.25) is 0 Å². The van der Waals surface area contributed by atoms with Crippen LogP contribution in [0.1, 0.15) is 28.4 Å². The number of rotatable bonds is 4. The molecule has 0 spiro atoms. The van der Waals surface area contributed by atoms with Gasteiger partial charge in [0.25, 0.3) is 0 Å². The van der Waals surface area contributed by atoms with E-state index in [0.29, 0.717) is 6.54 Å². The molecule has 2 atom stereocenters. The van der Waals surface area contributed by atoms with Crippen molar-refractivity contribution in [2.45, 2.75) is 33.0 Å². The number of aliphatic hydroxyl groups excluding tert-OH is 2. The molecule has 1 rings (SSSR count). The number of hydrogen-bond acceptors (Lipinski definition) is 3. The minimum Gasteiger partial charge on any atom is -0.389 e. The Labute approximate surface area is 97.1 Å². The predicted molar refractivity (Wildman–Crippen MR) is 65.5 cm³/mol. The standard InChI is InChI=1S/C13H21NO2/c1-8-5-10(3)11(6-9(8)2)13(16)12(15)7-14-4/h5-6,12-16H,7H2,1-4H3. The van der Waals surface area contributed by atoms with Crippen LogP contribution in [0.2, 0.25) is 0 Å². The molecule has 0 aliphatic heterocycles. The van der Waals surface area contributed by atoms with E-state index in [2.05, 4.69) is 5.32 Å². The molecule has 3 heteroatoms. The molecule has 3 N–H and O–H groups in total. The van der Waals surface area contributed by atoms with Crippen molar-refractivity contribution in [1.82, 2.24) is 5.32 Å². The summed E-state index contributed by atoms with van der Waals surface area (Å²) < 4.78 is 0. The second-order valence-corrected chi connectivity index (χ2v) is 4.36. The maximum Gasteiger partial charge on any atom is 0.106 e. The monoisotopic (exact) mass is 223 g/mol. The van der Waals surface area contributed by atoms with Crippen LogP contribution in [0.4, 0.5) is 0 Å². The fraction of sp³-hybridized carbons (Fsp3) is 0.538. The lowest BCUT2D eigenvalue weighted by Crippen LogP contribution is -2.30. The van der Waals surface area contributed by atoms with Crippen LogP contribution in [0.15, 0.2) is 12.1 Å². The van der Waals surface area contributed by atoms with Gasteiger partial charge in [-0.1, -0.05) is 12.1 Å². The molecule has 0 saturated carbocycles. The summed E-state index contributed by atoms with van der Waals surface area (Å²) in [4.78, 5) is 0. The van der Waals surface area contributed by atoms with Crippen molar-refractivity contribution in [2.75, 3.05) is 13.6 Å². The van der Waals surface area contributed by atoms with E-state index in [1.807, 2.05) is 32.9 Å². The van der Waals surface area contributed by atoms with Crippen LogP contribution in [0.25, 0.3) is 0 Å². The van der Waals surface area contributed by atoms with Gasteiger partial charge in [-0.2, -0.15) is 0 Å². The summed E-state index contributed by atoms with van der Waals surface area (Å²) in [6.45, 7) is 6.39. The molecular formula is C13H21NO2. The van der Waals surface area contributed by atoms with Gasteiger partial charge in [0.05, 0.1) is 6.10 Å². The van der Waals surface area contributed by atoms with Gasteiger partial charge < -0.3 is 15.5 Å². The molecule has 2 unspecified atom stereocenters. The molecule has 0 amide bonds. The SMILES string of the molecule is CNCC(O)C(O)c1cc(C)c(C)cc1C. The number of hydrogen-bond donors (Lipinski definition) is 3. The summed E-state index contributed by atoms with van der Waals surface area (Å²) in [7, 11) is 1.75. The van der Waals surface area contributed by atoms with E-state index in [4.69, 9.17) is 0 Å². The van der Waals surface area contributed by atoms with Gasteiger partial charge in [0.2, 0.25) is 0 Å². The maximum absolute atomic E-state index is 10.0. The molecule has 0 aliphatic carbocycles. The fourth-order valence-corrected chi connectivity index (χ4v) is 1.83. The molecule has 0 aliphatic rings. The average Bonchev–Trinajstić information content (AvgIpc) is 2.23. The van der Waals surface area contributed by atoms with Crippen molar-refractivity contribution < 1.29 is 10.2 Å². The minimum absolute atomic E-state index is 0.382. The van der Waals surface area contributed by atoms with Crippen molar-refractivity contribution in [3.63, 3.8) is 0 Å². The third kappa shape index (κ3) is 2.82. The molecule has 0 heterocycles. The second-order valence-electron chi connectivity index (χ2n) is 4.36. The zero-order chi connectivity index (χ0) is 12.3. The third-order valence-corrected chi connectivity index (χ3v) is 2.98. The molecule has 0 bridgehead atoms. The summed E-state index contributed by atoms with van der Waals surface area (Å²) in [6.07, 6.45) is -1.60. The van der Waals surface area contributed by atoms with Crippen LogP contribution >= 0.6 is 0 Å². The smallest absolute Gasteiger partial charge is 0.106 e. The predicted octanol–water partition coefficient (Wildman–Crippen LogP) is 1.23. The van der Waals surface area contributed by atoms with E-state index in [-0.39, 0.29) is 0 Å². The van der Waals surface area contributed by atoms with Crippen molar-refractivity contribution in [1.29, 1.82) is 0 Å². The van der Waals surface area contributed by atoms with Gasteiger partial charge >= 0.3 is 0 Å². The number of aliphatic hydroxyl groups is 2. The zero-order valence-electron chi connectivity index (χ0n) is 10.4. The Kier molecular flexibility index (Phi) is 4.47. The largest absolute Gasteiger partial charge is 0.389 e. The highest BCUT2D eigenvalue weighted by atomic mass is 16.3. The highest BCUT2D eigenvalue weighted by molar-refractivity contribution is 5.38. The first-order valence-corrected chi connectivity index (χ1v) is 5.55. The first-order chi connectivity index (χ1) is 7.47.